The molecule has 5 nitrogen and oxygen atoms in total. The van der Waals surface area contributed by atoms with Gasteiger partial charge in [-0.15, -0.1) is 4.73 Å². The lowest BCUT2D eigenvalue weighted by molar-refractivity contribution is 0.171. The predicted octanol–water partition coefficient (Wildman–Crippen LogP) is -0.470. The summed E-state index contributed by atoms with van der Waals surface area (Å²) in [6.45, 7) is 0. The highest BCUT2D eigenvalue weighted by atomic mass is 32.1. The van der Waals surface area contributed by atoms with Crippen molar-refractivity contribution >= 4 is 23.4 Å². The third kappa shape index (κ3) is 1.35. The Kier molecular flexibility index (Phi) is 1.86. The molecule has 0 saturated heterocycles. The topological polar surface area (TPSA) is 87.9 Å². The van der Waals surface area contributed by atoms with E-state index in [-0.39, 0.29) is 11.4 Å². The van der Waals surface area contributed by atoms with Crippen molar-refractivity contribution in [1.82, 2.24) is 9.71 Å². The molecule has 0 atom stereocenters. The van der Waals surface area contributed by atoms with Gasteiger partial charge in [0, 0.05) is 11.4 Å². The Hall–Kier alpha value is -1.43. The highest BCUT2D eigenvalue weighted by molar-refractivity contribution is 7.79. The second kappa shape index (κ2) is 2.67. The van der Waals surface area contributed by atoms with Crippen molar-refractivity contribution in [2.45, 2.75) is 0 Å². The van der Waals surface area contributed by atoms with E-state index >= 15 is 0 Å². The third-order valence-electron chi connectivity index (χ3n) is 1.10. The van der Waals surface area contributed by atoms with Gasteiger partial charge < -0.3 is 10.9 Å². The van der Waals surface area contributed by atoms with Crippen LogP contribution >= 0.6 is 12.2 Å². The molecule has 0 spiro atoms. The van der Waals surface area contributed by atoms with Crippen molar-refractivity contribution in [2.75, 3.05) is 5.73 Å². The predicted molar refractivity (Wildman–Crippen MR) is 42.4 cm³/mol. The van der Waals surface area contributed by atoms with Gasteiger partial charge in [0.2, 0.25) is 0 Å². The summed E-state index contributed by atoms with van der Waals surface area (Å²) in [7, 11) is 0. The van der Waals surface area contributed by atoms with Crippen LogP contribution < -0.4 is 11.4 Å². The van der Waals surface area contributed by atoms with Gasteiger partial charge in [0.25, 0.3) is 5.62 Å². The molecule has 6 heteroatoms. The first kappa shape index (κ1) is 7.67. The first-order valence-corrected chi connectivity index (χ1v) is 3.21. The van der Waals surface area contributed by atoms with Crippen LogP contribution in [0.3, 0.4) is 0 Å². The van der Waals surface area contributed by atoms with Crippen LogP contribution in [0.5, 0.6) is 0 Å². The monoisotopic (exact) mass is 170 g/mol. The normalized spacial score (nSPS) is 9.45. The molecule has 1 rings (SSSR count). The van der Waals surface area contributed by atoms with Gasteiger partial charge in [0.1, 0.15) is 5.82 Å². The molecule has 0 bridgehead atoms. The second-order valence-electron chi connectivity index (χ2n) is 1.86. The molecule has 0 amide bonds. The van der Waals surface area contributed by atoms with E-state index in [1.165, 1.54) is 11.4 Å². The molecule has 0 aliphatic heterocycles. The summed E-state index contributed by atoms with van der Waals surface area (Å²) < 4.78 is 0.475. The lowest BCUT2D eigenvalue weighted by Crippen LogP contribution is -2.24. The summed E-state index contributed by atoms with van der Waals surface area (Å²) in [6.07, 6.45) is 0. The summed E-state index contributed by atoms with van der Waals surface area (Å²) in [5.41, 5.74) is 5.35. The summed E-state index contributed by atoms with van der Waals surface area (Å²) in [4.78, 5) is 3.59. The van der Waals surface area contributed by atoms with Gasteiger partial charge in [-0.3, -0.25) is 5.41 Å². The van der Waals surface area contributed by atoms with Crippen LogP contribution in [0.1, 0.15) is 5.69 Å². The van der Waals surface area contributed by atoms with Crippen molar-refractivity contribution in [3.63, 3.8) is 0 Å². The standard InChI is InChI=1S/C5H6N4OS/c6-4-1-3(2-11)8-5(7)9(4)10/h1-2,7,10H,6H2. The molecular formula is C5H6N4OS. The Bertz CT molecular complexity index is 345. The van der Waals surface area contributed by atoms with Gasteiger partial charge in [-0.25, -0.2) is 4.98 Å². The van der Waals surface area contributed by atoms with Crippen LogP contribution in [0.15, 0.2) is 6.07 Å². The Balaban J connectivity index is 3.44. The number of hydrogen-bond donors (Lipinski definition) is 3. The zero-order chi connectivity index (χ0) is 8.43. The summed E-state index contributed by atoms with van der Waals surface area (Å²) in [6, 6.07) is 1.38. The first-order chi connectivity index (χ1) is 5.15. The number of nitrogens with two attached hydrogens (primary N) is 1. The first-order valence-electron chi connectivity index (χ1n) is 2.73. The molecule has 0 fully saturated rings. The SMILES string of the molecule is N=c1nc(C=S)cc(N)n1O. The van der Waals surface area contributed by atoms with Crippen LogP contribution in [0.4, 0.5) is 5.82 Å². The Morgan fingerprint density at radius 1 is 1.82 bits per heavy atom. The maximum atomic E-state index is 8.92. The highest BCUT2D eigenvalue weighted by Gasteiger charge is 1.97. The van der Waals surface area contributed by atoms with E-state index in [4.69, 9.17) is 16.4 Å². The number of nitrogens with one attached hydrogen (secondary N) is 1. The highest BCUT2D eigenvalue weighted by Crippen LogP contribution is 1.95. The van der Waals surface area contributed by atoms with E-state index in [2.05, 4.69) is 17.2 Å². The van der Waals surface area contributed by atoms with Crippen molar-refractivity contribution in [1.29, 1.82) is 5.41 Å². The average molecular weight is 170 g/mol. The fraction of sp³-hybridized carbons (Fsp3) is 0. The summed E-state index contributed by atoms with van der Waals surface area (Å²) in [5.74, 6) is 0.0427. The van der Waals surface area contributed by atoms with Gasteiger partial charge in [-0.2, -0.15) is 0 Å². The minimum Gasteiger partial charge on any atom is -0.423 e. The third-order valence-corrected chi connectivity index (χ3v) is 1.34. The summed E-state index contributed by atoms with van der Waals surface area (Å²) in [5, 5.41) is 17.3. The van der Waals surface area contributed by atoms with Crippen molar-refractivity contribution < 1.29 is 5.21 Å². The van der Waals surface area contributed by atoms with Crippen LogP contribution in [-0.4, -0.2) is 20.3 Å². The molecule has 1 heterocycles. The molecule has 1 aromatic rings. The average Bonchev–Trinajstić information content (AvgIpc) is 1.99. The molecule has 0 unspecified atom stereocenters. The van der Waals surface area contributed by atoms with E-state index in [1.807, 2.05) is 0 Å². The number of aromatic nitrogens is 2. The van der Waals surface area contributed by atoms with Crippen molar-refractivity contribution in [2.24, 2.45) is 0 Å². The lowest BCUT2D eigenvalue weighted by Gasteiger charge is -2.00. The zero-order valence-electron chi connectivity index (χ0n) is 5.48. The molecule has 0 aliphatic carbocycles. The summed E-state index contributed by atoms with van der Waals surface area (Å²) >= 11 is 4.56. The Morgan fingerprint density at radius 2 is 2.45 bits per heavy atom. The van der Waals surface area contributed by atoms with E-state index in [0.29, 0.717) is 10.4 Å². The van der Waals surface area contributed by atoms with Gasteiger partial charge in [0.05, 0.1) is 5.69 Å². The number of rotatable bonds is 1. The van der Waals surface area contributed by atoms with Gasteiger partial charge >= 0.3 is 0 Å². The van der Waals surface area contributed by atoms with E-state index < -0.39 is 0 Å². The fourth-order valence-corrected chi connectivity index (χ4v) is 0.718. The number of hydrogen-bond acceptors (Lipinski definition) is 5. The van der Waals surface area contributed by atoms with Gasteiger partial charge in [0.15, 0.2) is 0 Å². The molecule has 1 aromatic heterocycles. The molecule has 58 valence electrons. The van der Waals surface area contributed by atoms with Crippen molar-refractivity contribution in [3.05, 3.63) is 17.4 Å². The largest absolute Gasteiger partial charge is 0.423 e. The van der Waals surface area contributed by atoms with Gasteiger partial charge in [-0.1, -0.05) is 12.2 Å². The lowest BCUT2D eigenvalue weighted by atomic mass is 10.4. The fourth-order valence-electron chi connectivity index (χ4n) is 0.597. The molecule has 0 saturated carbocycles. The molecule has 11 heavy (non-hydrogen) atoms. The van der Waals surface area contributed by atoms with Crippen LogP contribution in [-0.2, 0) is 0 Å². The smallest absolute Gasteiger partial charge is 0.258 e. The van der Waals surface area contributed by atoms with E-state index in [1.54, 1.807) is 0 Å². The maximum Gasteiger partial charge on any atom is 0.258 e. The number of nitrogens with zero attached hydrogens (tertiary/aromatic N) is 2. The zero-order valence-corrected chi connectivity index (χ0v) is 6.30. The van der Waals surface area contributed by atoms with E-state index in [9.17, 15) is 0 Å². The molecule has 0 aromatic carbocycles. The second-order valence-corrected chi connectivity index (χ2v) is 2.09. The van der Waals surface area contributed by atoms with Crippen LogP contribution in [0, 0.1) is 5.41 Å². The molecule has 0 aliphatic rings. The Labute approximate surface area is 67.6 Å². The van der Waals surface area contributed by atoms with Gasteiger partial charge in [-0.05, 0) is 0 Å². The van der Waals surface area contributed by atoms with Crippen LogP contribution in [0.2, 0.25) is 0 Å². The molecular weight excluding hydrogens is 164 g/mol. The number of anilines is 1. The van der Waals surface area contributed by atoms with Crippen molar-refractivity contribution in [3.8, 4) is 0 Å². The number of nitrogen functional groups attached to an aromatic ring is 1. The minimum atomic E-state index is -0.332. The molecule has 0 radical (unpaired) electrons. The number of thiocarbonyl (C=S) groups is 1. The van der Waals surface area contributed by atoms with E-state index in [0.717, 1.165) is 0 Å². The minimum absolute atomic E-state index is 0.0427. The van der Waals surface area contributed by atoms with Crippen LogP contribution in [0.25, 0.3) is 0 Å². The molecule has 4 N–H and O–H groups in total. The Morgan fingerprint density at radius 3 is 2.91 bits per heavy atom. The quantitative estimate of drug-likeness (QED) is 0.392. The maximum absolute atomic E-state index is 8.92.